The van der Waals surface area contributed by atoms with Crippen LogP contribution < -0.4 is 0 Å². The summed E-state index contributed by atoms with van der Waals surface area (Å²) in [6.45, 7) is 0. The summed E-state index contributed by atoms with van der Waals surface area (Å²) in [7, 11) is -2.84. The lowest BCUT2D eigenvalue weighted by atomic mass is 10.4. The van der Waals surface area contributed by atoms with Crippen LogP contribution in [0.5, 0.6) is 0 Å². The van der Waals surface area contributed by atoms with Crippen molar-refractivity contribution in [2.75, 3.05) is 7.04 Å². The van der Waals surface area contributed by atoms with E-state index in [9.17, 15) is 4.79 Å². The van der Waals surface area contributed by atoms with Gasteiger partial charge in [-0.1, -0.05) is 5.16 Å². The van der Waals surface area contributed by atoms with Gasteiger partial charge in [0.1, 0.15) is 13.1 Å². The standard InChI is InChI=1S/C4H4N2O3/c1-9-6-3(2-5)4(7)8/h1H3,(H,7,8)/b6-3+/i1D3. The van der Waals surface area contributed by atoms with Crippen molar-refractivity contribution in [3.63, 3.8) is 0 Å². The van der Waals surface area contributed by atoms with E-state index in [0.717, 1.165) is 6.07 Å². The van der Waals surface area contributed by atoms with Gasteiger partial charge in [-0.25, -0.2) is 4.79 Å². The molecule has 0 aliphatic carbocycles. The summed E-state index contributed by atoms with van der Waals surface area (Å²) in [5.74, 6) is -1.64. The molecule has 0 saturated heterocycles. The number of hydrogen-bond donors (Lipinski definition) is 1. The Kier molecular flexibility index (Phi) is 1.32. The van der Waals surface area contributed by atoms with Crippen molar-refractivity contribution >= 4 is 11.7 Å². The van der Waals surface area contributed by atoms with E-state index in [1.54, 1.807) is 0 Å². The predicted molar refractivity (Wildman–Crippen MR) is 27.7 cm³/mol. The van der Waals surface area contributed by atoms with Crippen LogP contribution in [0.3, 0.4) is 0 Å². The molecule has 48 valence electrons. The molecule has 0 unspecified atom stereocenters. The highest BCUT2D eigenvalue weighted by molar-refractivity contribution is 6.42. The summed E-state index contributed by atoms with van der Waals surface area (Å²) >= 11 is 0. The summed E-state index contributed by atoms with van der Waals surface area (Å²) in [5.41, 5.74) is -1.01. The molecule has 0 atom stereocenters. The van der Waals surface area contributed by atoms with Crippen molar-refractivity contribution in [3.8, 4) is 6.07 Å². The molecule has 9 heavy (non-hydrogen) atoms. The fraction of sp³-hybridized carbons (Fsp3) is 0.250. The van der Waals surface area contributed by atoms with Gasteiger partial charge in [0.25, 0.3) is 5.71 Å². The van der Waals surface area contributed by atoms with Crippen molar-refractivity contribution < 1.29 is 18.9 Å². The minimum atomic E-state index is -2.84. The highest BCUT2D eigenvalue weighted by Crippen LogP contribution is 1.76. The Bertz CT molecular complexity index is 251. The predicted octanol–water partition coefficient (Wildman–Crippen LogP) is -0.403. The Morgan fingerprint density at radius 1 is 2.11 bits per heavy atom. The van der Waals surface area contributed by atoms with Gasteiger partial charge < -0.3 is 9.94 Å². The molecule has 0 amide bonds. The third kappa shape index (κ3) is 2.29. The monoisotopic (exact) mass is 131 g/mol. The Balaban J connectivity index is 4.36. The molecule has 0 aliphatic rings. The summed E-state index contributed by atoms with van der Waals surface area (Å²) < 4.78 is 19.3. The zero-order chi connectivity index (χ0) is 9.78. The van der Waals surface area contributed by atoms with Gasteiger partial charge in [0.05, 0.1) is 4.11 Å². The average molecular weight is 131 g/mol. The summed E-state index contributed by atoms with van der Waals surface area (Å²) in [6, 6.07) is 1.15. The van der Waals surface area contributed by atoms with E-state index < -0.39 is 18.7 Å². The molecule has 0 fully saturated rings. The van der Waals surface area contributed by atoms with Crippen LogP contribution in [0.2, 0.25) is 0 Å². The molecule has 1 N–H and O–H groups in total. The number of carboxylic acids is 1. The van der Waals surface area contributed by atoms with Crippen LogP contribution in [0.4, 0.5) is 0 Å². The fourth-order valence-electron chi connectivity index (χ4n) is 0.153. The second-order valence-corrected chi connectivity index (χ2v) is 0.948. The van der Waals surface area contributed by atoms with Gasteiger partial charge >= 0.3 is 5.97 Å². The first-order chi connectivity index (χ1) is 5.37. The van der Waals surface area contributed by atoms with Crippen molar-refractivity contribution in [1.29, 1.82) is 5.26 Å². The number of nitriles is 1. The van der Waals surface area contributed by atoms with Crippen LogP contribution in [0, 0.1) is 11.3 Å². The molecule has 0 radical (unpaired) electrons. The van der Waals surface area contributed by atoms with Crippen LogP contribution >= 0.6 is 0 Å². The third-order valence-electron chi connectivity index (χ3n) is 0.445. The van der Waals surface area contributed by atoms with E-state index in [2.05, 4.69) is 9.99 Å². The second-order valence-electron chi connectivity index (χ2n) is 0.948. The number of hydrogen-bond acceptors (Lipinski definition) is 4. The largest absolute Gasteiger partial charge is 0.476 e. The maximum Gasteiger partial charge on any atom is 0.369 e. The molecule has 0 aliphatic heterocycles. The number of carboxylic acid groups (broad SMARTS) is 1. The first-order valence-corrected chi connectivity index (χ1v) is 1.76. The topological polar surface area (TPSA) is 82.7 Å². The van der Waals surface area contributed by atoms with Crippen LogP contribution in [0.1, 0.15) is 4.11 Å². The molecule has 0 spiro atoms. The number of oxime groups is 1. The highest BCUT2D eigenvalue weighted by Gasteiger charge is 2.06. The van der Waals surface area contributed by atoms with Gasteiger partial charge in [-0.2, -0.15) is 5.26 Å². The molecule has 0 heterocycles. The summed E-state index contributed by atoms with van der Waals surface area (Å²) in [6.07, 6.45) is 0. The highest BCUT2D eigenvalue weighted by atomic mass is 16.6. The maximum absolute atomic E-state index is 10.0. The van der Waals surface area contributed by atoms with Crippen LogP contribution in [-0.2, 0) is 9.63 Å². The Labute approximate surface area is 55.4 Å². The molecular formula is C4H4N2O3. The van der Waals surface area contributed by atoms with Crippen LogP contribution in [0.15, 0.2) is 5.16 Å². The van der Waals surface area contributed by atoms with Gasteiger partial charge in [-0.3, -0.25) is 0 Å². The smallest absolute Gasteiger partial charge is 0.369 e. The average Bonchev–Trinajstić information content (AvgIpc) is 1.85. The molecule has 5 heteroatoms. The Morgan fingerprint density at radius 3 is 3.11 bits per heavy atom. The molecule has 0 saturated carbocycles. The maximum atomic E-state index is 10.0. The van der Waals surface area contributed by atoms with Gasteiger partial charge in [0.2, 0.25) is 0 Å². The van der Waals surface area contributed by atoms with E-state index in [-0.39, 0.29) is 0 Å². The van der Waals surface area contributed by atoms with Crippen molar-refractivity contribution in [2.45, 2.75) is 0 Å². The zero-order valence-electron chi connectivity index (χ0n) is 7.16. The van der Waals surface area contributed by atoms with Crippen LogP contribution in [-0.4, -0.2) is 23.8 Å². The van der Waals surface area contributed by atoms with Crippen LogP contribution in [0.25, 0.3) is 0 Å². The fourth-order valence-corrected chi connectivity index (χ4v) is 0.153. The zero-order valence-corrected chi connectivity index (χ0v) is 4.16. The molecule has 0 rings (SSSR count). The van der Waals surface area contributed by atoms with Crippen molar-refractivity contribution in [1.82, 2.24) is 0 Å². The lowest BCUT2D eigenvalue weighted by Gasteiger charge is -1.85. The van der Waals surface area contributed by atoms with Gasteiger partial charge in [-0.15, -0.1) is 0 Å². The number of rotatable bonds is 2. The van der Waals surface area contributed by atoms with E-state index in [0.29, 0.717) is 0 Å². The quantitative estimate of drug-likeness (QED) is 0.408. The molecule has 0 aromatic rings. The van der Waals surface area contributed by atoms with Crippen molar-refractivity contribution in [3.05, 3.63) is 0 Å². The second kappa shape index (κ2) is 3.43. The van der Waals surface area contributed by atoms with E-state index in [1.807, 2.05) is 0 Å². The lowest BCUT2D eigenvalue weighted by molar-refractivity contribution is -0.129. The summed E-state index contributed by atoms with van der Waals surface area (Å²) in [4.78, 5) is 13.8. The van der Waals surface area contributed by atoms with E-state index >= 15 is 0 Å². The molecule has 0 bridgehead atoms. The normalized spacial score (nSPS) is 16.3. The first kappa shape index (κ1) is 3.45. The number of carbonyl (C=O) groups is 1. The summed E-state index contributed by atoms with van der Waals surface area (Å²) in [5, 5.41) is 18.8. The van der Waals surface area contributed by atoms with Gasteiger partial charge in [0, 0.05) is 0 Å². The van der Waals surface area contributed by atoms with Crippen molar-refractivity contribution in [2.24, 2.45) is 5.16 Å². The molecule has 0 aromatic heterocycles. The Hall–Kier alpha value is -1.57. The molecular weight excluding hydrogens is 124 g/mol. The number of aliphatic carboxylic acids is 1. The minimum absolute atomic E-state index is 1.01. The van der Waals surface area contributed by atoms with Gasteiger partial charge in [-0.05, 0) is 0 Å². The van der Waals surface area contributed by atoms with E-state index in [4.69, 9.17) is 14.5 Å². The lowest BCUT2D eigenvalue weighted by Crippen LogP contribution is -2.10. The molecule has 5 nitrogen and oxygen atoms in total. The first-order valence-electron chi connectivity index (χ1n) is 3.26. The third-order valence-corrected chi connectivity index (χ3v) is 0.445. The van der Waals surface area contributed by atoms with Gasteiger partial charge in [0.15, 0.2) is 0 Å². The van der Waals surface area contributed by atoms with E-state index in [1.165, 1.54) is 0 Å². The Morgan fingerprint density at radius 2 is 2.78 bits per heavy atom. The minimum Gasteiger partial charge on any atom is -0.476 e. The molecule has 0 aromatic carbocycles. The SMILES string of the molecule is [2H]C([2H])([2H])O/N=C(\C#N)C(=O)O. The number of nitrogens with zero attached hydrogens (tertiary/aromatic N) is 2.